The number of urea groups is 1. The van der Waals surface area contributed by atoms with Gasteiger partial charge in [-0.3, -0.25) is 14.9 Å². The minimum absolute atomic E-state index is 0.0513. The van der Waals surface area contributed by atoms with Crippen molar-refractivity contribution in [3.8, 4) is 0 Å². The minimum Gasteiger partial charge on any atom is -0.356 e. The number of hydrogen-bond acceptors (Lipinski definition) is 5. The minimum atomic E-state index is -1.18. The highest BCUT2D eigenvalue weighted by Gasteiger charge is 2.43. The Morgan fingerprint density at radius 1 is 1.19 bits per heavy atom. The maximum Gasteiger partial charge on any atom is 0.322 e. The average molecular weight is 364 g/mol. The van der Waals surface area contributed by atoms with Crippen LogP contribution < -0.4 is 16.0 Å². The van der Waals surface area contributed by atoms with Crippen molar-refractivity contribution in [3.63, 3.8) is 0 Å². The van der Waals surface area contributed by atoms with Gasteiger partial charge in [0.05, 0.1) is 6.42 Å². The van der Waals surface area contributed by atoms with E-state index in [1.807, 2.05) is 18.2 Å². The molecule has 8 nitrogen and oxygen atoms in total. The van der Waals surface area contributed by atoms with E-state index in [0.29, 0.717) is 22.5 Å². The van der Waals surface area contributed by atoms with Crippen LogP contribution in [0.25, 0.3) is 11.0 Å². The van der Waals surface area contributed by atoms with Crippen molar-refractivity contribution in [2.24, 2.45) is 0 Å². The molecular weight excluding hydrogens is 348 g/mol. The van der Waals surface area contributed by atoms with Gasteiger partial charge in [0.25, 0.3) is 5.91 Å². The van der Waals surface area contributed by atoms with Crippen LogP contribution in [0.5, 0.6) is 0 Å². The van der Waals surface area contributed by atoms with E-state index in [9.17, 15) is 14.4 Å². The summed E-state index contributed by atoms with van der Waals surface area (Å²) >= 11 is 0. The zero-order valence-corrected chi connectivity index (χ0v) is 14.4. The Morgan fingerprint density at radius 2 is 2.00 bits per heavy atom. The van der Waals surface area contributed by atoms with Crippen molar-refractivity contribution >= 4 is 34.5 Å². The van der Waals surface area contributed by atoms with Crippen LogP contribution in [0.15, 0.2) is 53.1 Å². The number of anilines is 1. The molecule has 1 aromatic heterocycles. The predicted octanol–water partition coefficient (Wildman–Crippen LogP) is 2.06. The first-order chi connectivity index (χ1) is 13.0. The Hall–Kier alpha value is -3.68. The zero-order chi connectivity index (χ0) is 19.0. The van der Waals surface area contributed by atoms with E-state index in [2.05, 4.69) is 21.1 Å². The number of benzene rings is 2. The van der Waals surface area contributed by atoms with Crippen molar-refractivity contribution < 1.29 is 18.9 Å². The smallest absolute Gasteiger partial charge is 0.322 e. The molecule has 2 aromatic carbocycles. The summed E-state index contributed by atoms with van der Waals surface area (Å²) in [6.45, 7) is 1.61. The number of aromatic nitrogens is 1. The number of nitrogens with zero attached hydrogens (tertiary/aromatic N) is 1. The standard InChI is InChI=1S/C19H16N4O4/c1-19(17(25)21-18(26)22-19)11-5-4-6-12(9-11)20-16(24)10-14-13-7-2-3-8-15(13)27-23-14/h2-9H,10H2,1H3,(H,20,24)(H2,21,22,25,26). The number of carbonyl (C=O) groups is 3. The lowest BCUT2D eigenvalue weighted by Crippen LogP contribution is -2.40. The second-order valence-electron chi connectivity index (χ2n) is 6.46. The fourth-order valence-electron chi connectivity index (χ4n) is 3.08. The first-order valence-electron chi connectivity index (χ1n) is 8.33. The summed E-state index contributed by atoms with van der Waals surface area (Å²) in [5, 5.41) is 12.3. The van der Waals surface area contributed by atoms with Gasteiger partial charge in [0.1, 0.15) is 11.2 Å². The summed E-state index contributed by atoms with van der Waals surface area (Å²) in [5.41, 5.74) is 1.07. The van der Waals surface area contributed by atoms with Gasteiger partial charge in [0.2, 0.25) is 5.91 Å². The summed E-state index contributed by atoms with van der Waals surface area (Å²) in [6, 6.07) is 13.6. The quantitative estimate of drug-likeness (QED) is 0.613. The molecule has 4 amide bonds. The topological polar surface area (TPSA) is 113 Å². The molecule has 8 heteroatoms. The second kappa shape index (κ2) is 6.24. The molecule has 2 heterocycles. The van der Waals surface area contributed by atoms with Crippen molar-refractivity contribution in [2.75, 3.05) is 5.32 Å². The van der Waals surface area contributed by atoms with Gasteiger partial charge in [-0.05, 0) is 36.8 Å². The largest absolute Gasteiger partial charge is 0.356 e. The molecule has 136 valence electrons. The van der Waals surface area contributed by atoms with E-state index in [4.69, 9.17) is 4.52 Å². The molecule has 1 saturated heterocycles. The maximum atomic E-state index is 12.4. The Bertz CT molecular complexity index is 1070. The summed E-state index contributed by atoms with van der Waals surface area (Å²) < 4.78 is 5.21. The summed E-state index contributed by atoms with van der Waals surface area (Å²) in [7, 11) is 0. The third kappa shape index (κ3) is 3.01. The molecule has 0 saturated carbocycles. The van der Waals surface area contributed by atoms with E-state index >= 15 is 0 Å². The fraction of sp³-hybridized carbons (Fsp3) is 0.158. The number of rotatable bonds is 4. The van der Waals surface area contributed by atoms with Gasteiger partial charge in [-0.15, -0.1) is 0 Å². The monoisotopic (exact) mass is 364 g/mol. The highest BCUT2D eigenvalue weighted by molar-refractivity contribution is 6.07. The van der Waals surface area contributed by atoms with E-state index in [1.165, 1.54) is 0 Å². The Balaban J connectivity index is 1.52. The first kappa shape index (κ1) is 16.8. The van der Waals surface area contributed by atoms with Gasteiger partial charge < -0.3 is 15.2 Å². The fourth-order valence-corrected chi connectivity index (χ4v) is 3.08. The lowest BCUT2D eigenvalue weighted by Gasteiger charge is -2.21. The molecule has 27 heavy (non-hydrogen) atoms. The van der Waals surface area contributed by atoms with Gasteiger partial charge in [-0.1, -0.05) is 29.4 Å². The Kier molecular flexibility index (Phi) is 3.88. The Morgan fingerprint density at radius 3 is 2.78 bits per heavy atom. The van der Waals surface area contributed by atoms with E-state index < -0.39 is 17.5 Å². The molecule has 1 fully saturated rings. The molecule has 1 unspecified atom stereocenters. The van der Waals surface area contributed by atoms with Crippen LogP contribution in [0.3, 0.4) is 0 Å². The first-order valence-corrected chi connectivity index (χ1v) is 8.33. The molecule has 0 aliphatic carbocycles. The van der Waals surface area contributed by atoms with Gasteiger partial charge in [-0.2, -0.15) is 0 Å². The van der Waals surface area contributed by atoms with Crippen LogP contribution in [0.1, 0.15) is 18.2 Å². The zero-order valence-electron chi connectivity index (χ0n) is 14.4. The van der Waals surface area contributed by atoms with E-state index in [0.717, 1.165) is 5.39 Å². The van der Waals surface area contributed by atoms with Gasteiger partial charge in [0.15, 0.2) is 5.58 Å². The maximum absolute atomic E-state index is 12.4. The van der Waals surface area contributed by atoms with Crippen LogP contribution in [0.4, 0.5) is 10.5 Å². The van der Waals surface area contributed by atoms with E-state index in [1.54, 1.807) is 37.3 Å². The molecular formula is C19H16N4O4. The molecule has 1 aliphatic rings. The van der Waals surface area contributed by atoms with Gasteiger partial charge in [-0.25, -0.2) is 4.79 Å². The third-order valence-electron chi connectivity index (χ3n) is 4.55. The van der Waals surface area contributed by atoms with Crippen LogP contribution in [0.2, 0.25) is 0 Å². The van der Waals surface area contributed by atoms with Crippen molar-refractivity contribution in [1.82, 2.24) is 15.8 Å². The van der Waals surface area contributed by atoms with Crippen LogP contribution >= 0.6 is 0 Å². The third-order valence-corrected chi connectivity index (χ3v) is 4.55. The lowest BCUT2D eigenvalue weighted by atomic mass is 9.92. The summed E-state index contributed by atoms with van der Waals surface area (Å²) in [6.07, 6.45) is 0.0513. The lowest BCUT2D eigenvalue weighted by molar-refractivity contribution is -0.123. The molecule has 1 aliphatic heterocycles. The number of para-hydroxylation sites is 1. The summed E-state index contributed by atoms with van der Waals surface area (Å²) in [5.74, 6) is -0.707. The second-order valence-corrected chi connectivity index (χ2v) is 6.46. The van der Waals surface area contributed by atoms with Crippen molar-refractivity contribution in [1.29, 1.82) is 0 Å². The number of amides is 4. The number of carbonyl (C=O) groups excluding carboxylic acids is 3. The van der Waals surface area contributed by atoms with Crippen LogP contribution in [0, 0.1) is 0 Å². The van der Waals surface area contributed by atoms with E-state index in [-0.39, 0.29) is 12.3 Å². The molecule has 1 atom stereocenters. The van der Waals surface area contributed by atoms with Gasteiger partial charge in [0, 0.05) is 11.1 Å². The molecule has 4 rings (SSSR count). The summed E-state index contributed by atoms with van der Waals surface area (Å²) in [4.78, 5) is 35.9. The number of nitrogens with one attached hydrogen (secondary N) is 3. The molecule has 0 bridgehead atoms. The number of imide groups is 1. The van der Waals surface area contributed by atoms with Crippen LogP contribution in [-0.2, 0) is 21.5 Å². The molecule has 0 radical (unpaired) electrons. The Labute approximate surface area is 153 Å². The van der Waals surface area contributed by atoms with Gasteiger partial charge >= 0.3 is 6.03 Å². The number of hydrogen-bond donors (Lipinski definition) is 3. The highest BCUT2D eigenvalue weighted by atomic mass is 16.5. The SMILES string of the molecule is CC1(c2cccc(NC(=O)Cc3noc4ccccc34)c2)NC(=O)NC1=O. The van der Waals surface area contributed by atoms with Crippen molar-refractivity contribution in [3.05, 3.63) is 59.8 Å². The van der Waals surface area contributed by atoms with Crippen LogP contribution in [-0.4, -0.2) is 23.0 Å². The normalized spacial score (nSPS) is 19.0. The highest BCUT2D eigenvalue weighted by Crippen LogP contribution is 2.26. The molecule has 3 aromatic rings. The predicted molar refractivity (Wildman–Crippen MR) is 96.8 cm³/mol. The number of fused-ring (bicyclic) bond motifs is 1. The average Bonchev–Trinajstić information content (AvgIpc) is 3.16. The molecule has 0 spiro atoms. The molecule has 3 N–H and O–H groups in total. The van der Waals surface area contributed by atoms with Crippen molar-refractivity contribution in [2.45, 2.75) is 18.9 Å².